The summed E-state index contributed by atoms with van der Waals surface area (Å²) in [5.41, 5.74) is 2.26. The lowest BCUT2D eigenvalue weighted by Gasteiger charge is -2.07. The van der Waals surface area contributed by atoms with Gasteiger partial charge in [-0.3, -0.25) is 4.99 Å². The van der Waals surface area contributed by atoms with Crippen LogP contribution in [0.2, 0.25) is 0 Å². The second-order valence-corrected chi connectivity index (χ2v) is 5.90. The highest BCUT2D eigenvalue weighted by Crippen LogP contribution is 2.22. The predicted molar refractivity (Wildman–Crippen MR) is 84.3 cm³/mol. The van der Waals surface area contributed by atoms with Gasteiger partial charge in [-0.1, -0.05) is 42.1 Å². The standard InChI is InChI=1S/C15H18N4S/c1-2-5-12(6-3-1)14-10-17-15(19-14)20-8-4-7-13-9-16-11-18-13/h1-3,5-6,10-11,13H,4,7-9H2,(H,16,18)(H,17,19). The van der Waals surface area contributed by atoms with Gasteiger partial charge in [0.1, 0.15) is 0 Å². The maximum Gasteiger partial charge on any atom is 0.165 e. The smallest absolute Gasteiger partial charge is 0.165 e. The molecule has 5 heteroatoms. The summed E-state index contributed by atoms with van der Waals surface area (Å²) in [5, 5.41) is 4.26. The summed E-state index contributed by atoms with van der Waals surface area (Å²) in [4.78, 5) is 12.0. The van der Waals surface area contributed by atoms with E-state index in [4.69, 9.17) is 0 Å². The van der Waals surface area contributed by atoms with E-state index in [0.717, 1.165) is 23.1 Å². The number of hydrogen-bond acceptors (Lipinski definition) is 4. The zero-order chi connectivity index (χ0) is 13.6. The van der Waals surface area contributed by atoms with Crippen LogP contribution >= 0.6 is 11.8 Å². The molecule has 104 valence electrons. The molecule has 20 heavy (non-hydrogen) atoms. The molecule has 2 heterocycles. The van der Waals surface area contributed by atoms with Crippen LogP contribution in [0.25, 0.3) is 11.3 Å². The van der Waals surface area contributed by atoms with Crippen molar-refractivity contribution in [1.82, 2.24) is 15.3 Å². The molecule has 1 atom stereocenters. The quantitative estimate of drug-likeness (QED) is 0.634. The SMILES string of the molecule is C1=NCC(CCCSc2ncc(-c3ccccc3)[nH]2)N1. The number of aromatic nitrogens is 2. The Morgan fingerprint density at radius 3 is 2.95 bits per heavy atom. The summed E-state index contributed by atoms with van der Waals surface area (Å²) in [6.45, 7) is 0.920. The first-order chi connectivity index (χ1) is 9.92. The van der Waals surface area contributed by atoms with Crippen LogP contribution in [0, 0.1) is 0 Å². The number of nitrogens with zero attached hydrogens (tertiary/aromatic N) is 2. The lowest BCUT2D eigenvalue weighted by atomic mass is 10.2. The van der Waals surface area contributed by atoms with Crippen LogP contribution in [0.5, 0.6) is 0 Å². The Bertz CT molecular complexity index is 556. The first-order valence-corrected chi connectivity index (χ1v) is 7.88. The number of nitrogens with one attached hydrogen (secondary N) is 2. The van der Waals surface area contributed by atoms with Crippen molar-refractivity contribution in [3.05, 3.63) is 36.5 Å². The van der Waals surface area contributed by atoms with Crippen LogP contribution < -0.4 is 5.32 Å². The van der Waals surface area contributed by atoms with E-state index >= 15 is 0 Å². The molecule has 0 saturated heterocycles. The molecular formula is C15H18N4S. The summed E-state index contributed by atoms with van der Waals surface area (Å²) in [5.74, 6) is 1.08. The van der Waals surface area contributed by atoms with Gasteiger partial charge in [-0.25, -0.2) is 4.98 Å². The fourth-order valence-corrected chi connectivity index (χ4v) is 3.02. The second kappa shape index (κ2) is 6.61. The van der Waals surface area contributed by atoms with Crippen molar-refractivity contribution in [2.24, 2.45) is 4.99 Å². The van der Waals surface area contributed by atoms with E-state index in [1.165, 1.54) is 18.4 Å². The average Bonchev–Trinajstić information content (AvgIpc) is 3.16. The van der Waals surface area contributed by atoms with Crippen LogP contribution in [-0.2, 0) is 0 Å². The van der Waals surface area contributed by atoms with E-state index in [0.29, 0.717) is 6.04 Å². The van der Waals surface area contributed by atoms with E-state index in [2.05, 4.69) is 32.4 Å². The van der Waals surface area contributed by atoms with Crippen molar-refractivity contribution in [2.45, 2.75) is 24.0 Å². The van der Waals surface area contributed by atoms with E-state index in [-0.39, 0.29) is 0 Å². The minimum absolute atomic E-state index is 0.534. The van der Waals surface area contributed by atoms with Crippen molar-refractivity contribution in [3.8, 4) is 11.3 Å². The van der Waals surface area contributed by atoms with Gasteiger partial charge in [0, 0.05) is 11.8 Å². The van der Waals surface area contributed by atoms with Crippen LogP contribution in [-0.4, -0.2) is 34.6 Å². The minimum atomic E-state index is 0.534. The molecule has 0 saturated carbocycles. The average molecular weight is 286 g/mol. The molecule has 0 radical (unpaired) electrons. The summed E-state index contributed by atoms with van der Waals surface area (Å²) >= 11 is 1.78. The molecule has 4 nitrogen and oxygen atoms in total. The lowest BCUT2D eigenvalue weighted by Crippen LogP contribution is -2.24. The summed E-state index contributed by atoms with van der Waals surface area (Å²) in [6.07, 6.45) is 6.06. The van der Waals surface area contributed by atoms with Gasteiger partial charge in [0.2, 0.25) is 0 Å². The highest BCUT2D eigenvalue weighted by molar-refractivity contribution is 7.99. The molecule has 0 spiro atoms. The third-order valence-electron chi connectivity index (χ3n) is 3.30. The maximum absolute atomic E-state index is 4.43. The molecule has 0 aliphatic carbocycles. The number of hydrogen-bond donors (Lipinski definition) is 2. The molecular weight excluding hydrogens is 268 g/mol. The third-order valence-corrected chi connectivity index (χ3v) is 4.27. The Morgan fingerprint density at radius 2 is 2.15 bits per heavy atom. The third kappa shape index (κ3) is 3.42. The van der Waals surface area contributed by atoms with Crippen molar-refractivity contribution in [2.75, 3.05) is 12.3 Å². The summed E-state index contributed by atoms with van der Waals surface area (Å²) in [7, 11) is 0. The Kier molecular flexibility index (Phi) is 4.38. The topological polar surface area (TPSA) is 53.1 Å². The summed E-state index contributed by atoms with van der Waals surface area (Å²) < 4.78 is 0. The predicted octanol–water partition coefficient (Wildman–Crippen LogP) is 2.95. The second-order valence-electron chi connectivity index (χ2n) is 4.82. The minimum Gasteiger partial charge on any atom is -0.372 e. The normalized spacial score (nSPS) is 17.3. The number of rotatable bonds is 6. The monoisotopic (exact) mass is 286 g/mol. The highest BCUT2D eigenvalue weighted by Gasteiger charge is 2.09. The van der Waals surface area contributed by atoms with E-state index in [1.807, 2.05) is 30.7 Å². The number of aromatic amines is 1. The molecule has 3 rings (SSSR count). The summed E-state index contributed by atoms with van der Waals surface area (Å²) in [6, 6.07) is 10.8. The number of imidazole rings is 1. The highest BCUT2D eigenvalue weighted by atomic mass is 32.2. The fraction of sp³-hybridized carbons (Fsp3) is 0.333. The van der Waals surface area contributed by atoms with E-state index in [1.54, 1.807) is 11.8 Å². The van der Waals surface area contributed by atoms with Crippen molar-refractivity contribution in [1.29, 1.82) is 0 Å². The van der Waals surface area contributed by atoms with Crippen molar-refractivity contribution < 1.29 is 0 Å². The maximum atomic E-state index is 4.43. The molecule has 1 unspecified atom stereocenters. The molecule has 0 amide bonds. The van der Waals surface area contributed by atoms with Gasteiger partial charge in [-0.15, -0.1) is 0 Å². The van der Waals surface area contributed by atoms with E-state index in [9.17, 15) is 0 Å². The Labute approximate surface area is 123 Å². The van der Waals surface area contributed by atoms with Crippen molar-refractivity contribution >= 4 is 18.1 Å². The van der Waals surface area contributed by atoms with Crippen LogP contribution in [0.15, 0.2) is 46.7 Å². The fourth-order valence-electron chi connectivity index (χ4n) is 2.20. The van der Waals surface area contributed by atoms with Gasteiger partial charge in [-0.2, -0.15) is 0 Å². The van der Waals surface area contributed by atoms with Gasteiger partial charge in [0.05, 0.1) is 24.8 Å². The first kappa shape index (κ1) is 13.2. The number of benzene rings is 1. The zero-order valence-corrected chi connectivity index (χ0v) is 12.1. The van der Waals surface area contributed by atoms with E-state index < -0.39 is 0 Å². The Balaban J connectivity index is 1.45. The molecule has 0 bridgehead atoms. The zero-order valence-electron chi connectivity index (χ0n) is 11.2. The molecule has 1 aliphatic heterocycles. The number of H-pyrrole nitrogens is 1. The van der Waals surface area contributed by atoms with Gasteiger partial charge >= 0.3 is 0 Å². The number of thioether (sulfide) groups is 1. The Hall–Kier alpha value is -1.75. The largest absolute Gasteiger partial charge is 0.372 e. The van der Waals surface area contributed by atoms with Crippen molar-refractivity contribution in [3.63, 3.8) is 0 Å². The molecule has 1 aliphatic rings. The molecule has 1 aromatic carbocycles. The number of aliphatic imine (C=N–C) groups is 1. The van der Waals surface area contributed by atoms with Gasteiger partial charge in [0.25, 0.3) is 0 Å². The van der Waals surface area contributed by atoms with Gasteiger partial charge in [0.15, 0.2) is 5.16 Å². The molecule has 2 N–H and O–H groups in total. The van der Waals surface area contributed by atoms with Crippen LogP contribution in [0.3, 0.4) is 0 Å². The lowest BCUT2D eigenvalue weighted by molar-refractivity contribution is 0.596. The molecule has 1 aromatic heterocycles. The first-order valence-electron chi connectivity index (χ1n) is 6.89. The van der Waals surface area contributed by atoms with Gasteiger partial charge < -0.3 is 10.3 Å². The molecule has 2 aromatic rings. The Morgan fingerprint density at radius 1 is 1.25 bits per heavy atom. The van der Waals surface area contributed by atoms with Gasteiger partial charge in [-0.05, 0) is 18.4 Å². The molecule has 0 fully saturated rings. The van der Waals surface area contributed by atoms with Crippen LogP contribution in [0.4, 0.5) is 0 Å². The van der Waals surface area contributed by atoms with Crippen LogP contribution in [0.1, 0.15) is 12.8 Å².